The third kappa shape index (κ3) is 2.29. The van der Waals surface area contributed by atoms with Crippen LogP contribution in [0.5, 0.6) is 0 Å². The molecule has 5 nitrogen and oxygen atoms in total. The number of benzene rings is 2. The van der Waals surface area contributed by atoms with E-state index in [1.54, 1.807) is 13.1 Å². The molecule has 0 unspecified atom stereocenters. The van der Waals surface area contributed by atoms with Crippen molar-refractivity contribution in [2.45, 2.75) is 6.92 Å². The van der Waals surface area contributed by atoms with Gasteiger partial charge in [-0.2, -0.15) is 5.10 Å². The Kier molecular flexibility index (Phi) is 3.02. The van der Waals surface area contributed by atoms with E-state index in [-0.39, 0.29) is 0 Å². The monoisotopic (exact) mass is 280 g/mol. The van der Waals surface area contributed by atoms with Crippen molar-refractivity contribution in [3.05, 3.63) is 70.1 Å². The molecular formula is C16H12N2O3. The topological polar surface area (TPSA) is 72.2 Å². The highest BCUT2D eigenvalue weighted by Gasteiger charge is 2.14. The smallest absolute Gasteiger partial charge is 0.360 e. The number of hydrogen-bond acceptors (Lipinski definition) is 3. The van der Waals surface area contributed by atoms with Crippen LogP contribution in [0.1, 0.15) is 16.1 Å². The molecule has 1 heterocycles. The zero-order chi connectivity index (χ0) is 15.0. The zero-order valence-corrected chi connectivity index (χ0v) is 11.3. The highest BCUT2D eigenvalue weighted by Crippen LogP contribution is 2.17. The van der Waals surface area contributed by atoms with Crippen molar-refractivity contribution in [1.29, 1.82) is 0 Å². The molecule has 0 bridgehead atoms. The van der Waals surface area contributed by atoms with E-state index in [0.29, 0.717) is 11.3 Å². The molecule has 104 valence electrons. The lowest BCUT2D eigenvalue weighted by molar-refractivity contribution is 0.0686. The first-order valence-corrected chi connectivity index (χ1v) is 6.39. The van der Waals surface area contributed by atoms with Gasteiger partial charge in [-0.3, -0.25) is 4.79 Å². The van der Waals surface area contributed by atoms with Gasteiger partial charge in [0.25, 0.3) is 0 Å². The number of carboxylic acids is 1. The molecule has 0 aliphatic rings. The Balaban J connectivity index is 2.22. The molecule has 0 saturated carbocycles. The molecular weight excluding hydrogens is 268 g/mol. The van der Waals surface area contributed by atoms with Gasteiger partial charge in [-0.25, -0.2) is 9.48 Å². The molecule has 0 aliphatic carbocycles. The van der Waals surface area contributed by atoms with Crippen molar-refractivity contribution >= 4 is 16.7 Å². The third-order valence-corrected chi connectivity index (χ3v) is 3.30. The number of hydrogen-bond donors (Lipinski definition) is 1. The molecule has 2 aromatic carbocycles. The lowest BCUT2D eigenvalue weighted by Crippen LogP contribution is -2.23. The molecule has 0 saturated heterocycles. The minimum Gasteiger partial charge on any atom is -0.476 e. The normalized spacial score (nSPS) is 10.7. The van der Waals surface area contributed by atoms with Crippen LogP contribution in [0.3, 0.4) is 0 Å². The molecule has 5 heteroatoms. The van der Waals surface area contributed by atoms with Crippen LogP contribution in [0, 0.1) is 6.92 Å². The molecule has 1 aromatic heterocycles. The number of fused-ring (bicyclic) bond motifs is 1. The Morgan fingerprint density at radius 2 is 1.86 bits per heavy atom. The van der Waals surface area contributed by atoms with Crippen molar-refractivity contribution in [3.63, 3.8) is 0 Å². The van der Waals surface area contributed by atoms with Crippen LogP contribution < -0.4 is 5.43 Å². The van der Waals surface area contributed by atoms with E-state index < -0.39 is 17.1 Å². The number of rotatable bonds is 2. The minimum absolute atomic E-state index is 0.343. The average molecular weight is 280 g/mol. The van der Waals surface area contributed by atoms with E-state index >= 15 is 0 Å². The van der Waals surface area contributed by atoms with Crippen molar-refractivity contribution in [2.75, 3.05) is 0 Å². The van der Waals surface area contributed by atoms with Gasteiger partial charge < -0.3 is 5.11 Å². The third-order valence-electron chi connectivity index (χ3n) is 3.30. The predicted molar refractivity (Wildman–Crippen MR) is 79.0 cm³/mol. The van der Waals surface area contributed by atoms with Crippen LogP contribution >= 0.6 is 0 Å². The summed E-state index contributed by atoms with van der Waals surface area (Å²) in [5.74, 6) is -1.32. The van der Waals surface area contributed by atoms with Crippen LogP contribution in [-0.4, -0.2) is 20.9 Å². The van der Waals surface area contributed by atoms with Gasteiger partial charge in [0.2, 0.25) is 11.1 Å². The van der Waals surface area contributed by atoms with E-state index in [1.807, 2.05) is 42.5 Å². The number of carboxylic acid groups (broad SMARTS) is 1. The van der Waals surface area contributed by atoms with Crippen molar-refractivity contribution in [2.24, 2.45) is 0 Å². The van der Waals surface area contributed by atoms with Gasteiger partial charge in [0, 0.05) is 11.8 Å². The molecule has 0 fully saturated rings. The summed E-state index contributed by atoms with van der Waals surface area (Å²) in [7, 11) is 0. The fourth-order valence-corrected chi connectivity index (χ4v) is 2.20. The van der Waals surface area contributed by atoms with Crippen molar-refractivity contribution in [3.8, 4) is 5.69 Å². The first kappa shape index (κ1) is 13.1. The summed E-state index contributed by atoms with van der Waals surface area (Å²) in [6.45, 7) is 1.58. The first-order chi connectivity index (χ1) is 10.1. The van der Waals surface area contributed by atoms with E-state index in [9.17, 15) is 9.59 Å². The number of nitrogens with zero attached hydrogens (tertiary/aromatic N) is 2. The predicted octanol–water partition coefficient (Wildman–Crippen LogP) is 2.39. The molecule has 1 N–H and O–H groups in total. The standard InChI is InChI=1S/C16H12N2O3/c1-10-9-18(17-14(15(10)19)16(20)21)13-7-6-11-4-2-3-5-12(11)8-13/h2-9H,1H3,(H,20,21). The highest BCUT2D eigenvalue weighted by molar-refractivity contribution is 5.86. The first-order valence-electron chi connectivity index (χ1n) is 6.39. The van der Waals surface area contributed by atoms with E-state index in [1.165, 1.54) is 4.68 Å². The largest absolute Gasteiger partial charge is 0.476 e. The van der Waals surface area contributed by atoms with Crippen molar-refractivity contribution < 1.29 is 9.90 Å². The van der Waals surface area contributed by atoms with Gasteiger partial charge in [-0.15, -0.1) is 0 Å². The van der Waals surface area contributed by atoms with Gasteiger partial charge in [0.1, 0.15) is 0 Å². The second-order valence-corrected chi connectivity index (χ2v) is 4.77. The molecule has 0 aliphatic heterocycles. The van der Waals surface area contributed by atoms with Gasteiger partial charge in [-0.05, 0) is 29.8 Å². The lowest BCUT2D eigenvalue weighted by atomic mass is 10.1. The Morgan fingerprint density at radius 1 is 1.14 bits per heavy atom. The maximum Gasteiger partial charge on any atom is 0.360 e. The second kappa shape index (κ2) is 4.86. The SMILES string of the molecule is Cc1cn(-c2ccc3ccccc3c2)nc(C(=O)O)c1=O. The fraction of sp³-hybridized carbons (Fsp3) is 0.0625. The fourth-order valence-electron chi connectivity index (χ4n) is 2.20. The van der Waals surface area contributed by atoms with Crippen LogP contribution in [0.4, 0.5) is 0 Å². The second-order valence-electron chi connectivity index (χ2n) is 4.77. The van der Waals surface area contributed by atoms with Crippen LogP contribution in [0.2, 0.25) is 0 Å². The molecule has 3 rings (SSSR count). The number of aromatic nitrogens is 2. The quantitative estimate of drug-likeness (QED) is 0.782. The molecule has 0 spiro atoms. The maximum atomic E-state index is 11.7. The van der Waals surface area contributed by atoms with Crippen LogP contribution in [-0.2, 0) is 0 Å². The number of aryl methyl sites for hydroxylation is 1. The molecule has 0 amide bonds. The summed E-state index contributed by atoms with van der Waals surface area (Å²) >= 11 is 0. The Hall–Kier alpha value is -2.95. The van der Waals surface area contributed by atoms with Crippen LogP contribution in [0.25, 0.3) is 16.5 Å². The van der Waals surface area contributed by atoms with Crippen LogP contribution in [0.15, 0.2) is 53.5 Å². The van der Waals surface area contributed by atoms with E-state index in [4.69, 9.17) is 5.11 Å². The highest BCUT2D eigenvalue weighted by atomic mass is 16.4. The summed E-state index contributed by atoms with van der Waals surface area (Å²) in [6.07, 6.45) is 1.54. The minimum atomic E-state index is -1.32. The maximum absolute atomic E-state index is 11.7. The summed E-state index contributed by atoms with van der Waals surface area (Å²) in [6, 6.07) is 13.5. The number of aromatic carboxylic acids is 1. The van der Waals surface area contributed by atoms with Gasteiger partial charge in [0.05, 0.1) is 5.69 Å². The summed E-state index contributed by atoms with van der Waals surface area (Å²) < 4.78 is 1.42. The van der Waals surface area contributed by atoms with Crippen molar-refractivity contribution in [1.82, 2.24) is 9.78 Å². The van der Waals surface area contributed by atoms with Gasteiger partial charge >= 0.3 is 5.97 Å². The van der Waals surface area contributed by atoms with E-state index in [0.717, 1.165) is 10.8 Å². The molecule has 21 heavy (non-hydrogen) atoms. The molecule has 0 atom stereocenters. The molecule has 3 aromatic rings. The summed E-state index contributed by atoms with van der Waals surface area (Å²) in [5, 5.41) is 15.1. The Morgan fingerprint density at radius 3 is 2.57 bits per heavy atom. The molecule has 0 radical (unpaired) electrons. The Labute approximate surface area is 120 Å². The average Bonchev–Trinajstić information content (AvgIpc) is 2.49. The Bertz CT molecular complexity index is 913. The van der Waals surface area contributed by atoms with Gasteiger partial charge in [0.15, 0.2) is 0 Å². The van der Waals surface area contributed by atoms with Gasteiger partial charge in [-0.1, -0.05) is 30.3 Å². The summed E-state index contributed by atoms with van der Waals surface area (Å²) in [5.41, 5.74) is 0.0255. The van der Waals surface area contributed by atoms with E-state index in [2.05, 4.69) is 5.10 Å². The summed E-state index contributed by atoms with van der Waals surface area (Å²) in [4.78, 5) is 22.8. The number of carbonyl (C=O) groups is 1. The zero-order valence-electron chi connectivity index (χ0n) is 11.3. The lowest BCUT2D eigenvalue weighted by Gasteiger charge is -2.08.